The molecule has 0 fully saturated rings. The summed E-state index contributed by atoms with van der Waals surface area (Å²) in [5.41, 5.74) is 1.92. The Bertz CT molecular complexity index is 2120. The first-order valence-electron chi connectivity index (χ1n) is 14.2. The van der Waals surface area contributed by atoms with Crippen molar-refractivity contribution in [2.24, 2.45) is 15.3 Å². The minimum atomic E-state index is -4.89. The van der Waals surface area contributed by atoms with Gasteiger partial charge in [-0.15, -0.1) is 10.2 Å². The number of carboxylic acid groups (broad SMARTS) is 1. The number of rotatable bonds is 14. The van der Waals surface area contributed by atoms with Gasteiger partial charge in [-0.05, 0) is 30.7 Å². The van der Waals surface area contributed by atoms with Crippen LogP contribution in [0.1, 0.15) is 29.3 Å². The number of phenolic OH excluding ortho intramolecular Hbond substituents is 1. The number of aromatic carboxylic acids is 1. The Morgan fingerprint density at radius 2 is 1.63 bits per heavy atom. The SMILES string of the molecule is CCCS(=O)(=O)CCN(C)c1nc(F)nc(Nc2cc(S(=O)(=O)O)cc(NN=C(N=Nc3ccccc3C(=O)O)c3ccccc3)c2O)n1. The number of anilines is 4. The van der Waals surface area contributed by atoms with Crippen LogP contribution >= 0.6 is 0 Å². The number of nitrogens with one attached hydrogen (secondary N) is 2. The number of hydrogen-bond donors (Lipinski definition) is 5. The lowest BCUT2D eigenvalue weighted by Gasteiger charge is -2.18. The van der Waals surface area contributed by atoms with E-state index in [4.69, 9.17) is 0 Å². The summed E-state index contributed by atoms with van der Waals surface area (Å²) in [6.45, 7) is 1.64. The molecular formula is C29H30FN9O8S2. The van der Waals surface area contributed by atoms with Gasteiger partial charge in [0.25, 0.3) is 10.1 Å². The Kier molecular flexibility index (Phi) is 11.5. The zero-order valence-corrected chi connectivity index (χ0v) is 27.5. The summed E-state index contributed by atoms with van der Waals surface area (Å²) < 4.78 is 72.8. The molecule has 0 bridgehead atoms. The van der Waals surface area contributed by atoms with Crippen molar-refractivity contribution in [1.29, 1.82) is 0 Å². The molecule has 1 aromatic heterocycles. The minimum Gasteiger partial charge on any atom is -0.504 e. The van der Waals surface area contributed by atoms with Gasteiger partial charge in [-0.1, -0.05) is 49.4 Å². The Morgan fingerprint density at radius 1 is 0.959 bits per heavy atom. The molecule has 0 saturated carbocycles. The van der Waals surface area contributed by atoms with Crippen molar-refractivity contribution in [3.8, 4) is 5.75 Å². The third-order valence-corrected chi connectivity index (χ3v) is 9.19. The second kappa shape index (κ2) is 15.5. The average Bonchev–Trinajstić information content (AvgIpc) is 3.05. The van der Waals surface area contributed by atoms with E-state index in [-0.39, 0.29) is 46.8 Å². The summed E-state index contributed by atoms with van der Waals surface area (Å²) in [5, 5.41) is 35.2. The molecule has 0 saturated heterocycles. The molecule has 1 heterocycles. The van der Waals surface area contributed by atoms with Crippen molar-refractivity contribution in [3.63, 3.8) is 0 Å². The summed E-state index contributed by atoms with van der Waals surface area (Å²) in [7, 11) is -6.84. The number of benzene rings is 3. The van der Waals surface area contributed by atoms with Crippen LogP contribution in [-0.4, -0.2) is 83.5 Å². The van der Waals surface area contributed by atoms with E-state index < -0.39 is 54.3 Å². The molecule has 4 rings (SSSR count). The predicted molar refractivity (Wildman–Crippen MR) is 178 cm³/mol. The Balaban J connectivity index is 1.70. The topological polar surface area (TPSA) is 249 Å². The molecule has 0 atom stereocenters. The third kappa shape index (κ3) is 9.95. The first-order valence-corrected chi connectivity index (χ1v) is 17.5. The molecule has 258 valence electrons. The van der Waals surface area contributed by atoms with Crippen molar-refractivity contribution < 1.29 is 40.8 Å². The number of carbonyl (C=O) groups is 1. The van der Waals surface area contributed by atoms with Gasteiger partial charge in [-0.3, -0.25) is 9.98 Å². The van der Waals surface area contributed by atoms with Gasteiger partial charge in [0.05, 0.1) is 21.9 Å². The van der Waals surface area contributed by atoms with E-state index in [1.807, 2.05) is 0 Å². The maximum absolute atomic E-state index is 14.4. The number of halogens is 1. The van der Waals surface area contributed by atoms with E-state index in [9.17, 15) is 40.8 Å². The molecule has 3 aromatic carbocycles. The van der Waals surface area contributed by atoms with Gasteiger partial charge < -0.3 is 20.4 Å². The van der Waals surface area contributed by atoms with E-state index in [0.717, 1.165) is 12.1 Å². The lowest BCUT2D eigenvalue weighted by molar-refractivity contribution is 0.0697. The van der Waals surface area contributed by atoms with Gasteiger partial charge >= 0.3 is 12.0 Å². The fraction of sp³-hybridized carbons (Fsp3) is 0.207. The molecule has 5 N–H and O–H groups in total. The second-order valence-electron chi connectivity index (χ2n) is 10.2. The van der Waals surface area contributed by atoms with Gasteiger partial charge in [0.15, 0.2) is 15.6 Å². The molecule has 17 nitrogen and oxygen atoms in total. The van der Waals surface area contributed by atoms with E-state index >= 15 is 0 Å². The number of hydrogen-bond acceptors (Lipinski definition) is 14. The largest absolute Gasteiger partial charge is 0.504 e. The Labute approximate surface area is 280 Å². The highest BCUT2D eigenvalue weighted by molar-refractivity contribution is 7.91. The summed E-state index contributed by atoms with van der Waals surface area (Å²) in [4.78, 5) is 23.3. The molecule has 0 aliphatic rings. The standard InChI is InChI=1S/C29H30FN9O8S2/c1-3-14-48(43,44)15-13-39(2)29-33-27(30)32-28(34-29)31-22-16-19(49(45,46)47)17-23(24(22)40)36-38-25(18-9-5-4-6-10-18)37-35-21-12-8-7-11-20(21)26(41)42/h4-12,16-17,36,40H,3,13-15H2,1-2H3,(H,41,42)(H,45,46,47)(H,31,32,33,34). The highest BCUT2D eigenvalue weighted by atomic mass is 32.2. The quantitative estimate of drug-likeness (QED) is 0.0306. The third-order valence-electron chi connectivity index (χ3n) is 6.52. The van der Waals surface area contributed by atoms with Crippen molar-refractivity contribution in [3.05, 3.63) is 83.9 Å². The van der Waals surface area contributed by atoms with Crippen LogP contribution in [0.4, 0.5) is 33.3 Å². The van der Waals surface area contributed by atoms with Gasteiger partial charge in [0.2, 0.25) is 17.7 Å². The summed E-state index contributed by atoms with van der Waals surface area (Å²) in [6.07, 6.45) is -0.847. The lowest BCUT2D eigenvalue weighted by atomic mass is 10.2. The normalized spacial score (nSPS) is 12.2. The summed E-state index contributed by atoms with van der Waals surface area (Å²) in [6, 6.07) is 15.7. The van der Waals surface area contributed by atoms with E-state index in [1.165, 1.54) is 30.1 Å². The molecule has 0 radical (unpaired) electrons. The average molecular weight is 716 g/mol. The molecule has 20 heteroatoms. The fourth-order valence-electron chi connectivity index (χ4n) is 4.10. The number of nitrogens with zero attached hydrogens (tertiary/aromatic N) is 7. The maximum atomic E-state index is 14.4. The van der Waals surface area contributed by atoms with Crippen LogP contribution in [0.2, 0.25) is 0 Å². The lowest BCUT2D eigenvalue weighted by Crippen LogP contribution is -2.28. The van der Waals surface area contributed by atoms with Crippen LogP contribution in [0.5, 0.6) is 5.75 Å². The van der Waals surface area contributed by atoms with Crippen molar-refractivity contribution in [2.45, 2.75) is 18.2 Å². The zero-order chi connectivity index (χ0) is 35.8. The Hall–Kier alpha value is -5.60. The van der Waals surface area contributed by atoms with Crippen molar-refractivity contribution in [2.75, 3.05) is 40.7 Å². The number of phenols is 1. The Morgan fingerprint density at radius 3 is 2.31 bits per heavy atom. The number of hydrazone groups is 1. The number of aromatic nitrogens is 3. The van der Waals surface area contributed by atoms with Crippen molar-refractivity contribution >= 4 is 60.7 Å². The molecule has 49 heavy (non-hydrogen) atoms. The van der Waals surface area contributed by atoms with Crippen LogP contribution in [0.15, 0.2) is 87.0 Å². The first kappa shape index (κ1) is 36.2. The highest BCUT2D eigenvalue weighted by Crippen LogP contribution is 2.37. The number of amidine groups is 1. The molecule has 0 amide bonds. The minimum absolute atomic E-state index is 0.0125. The van der Waals surface area contributed by atoms with Crippen molar-refractivity contribution in [1.82, 2.24) is 15.0 Å². The second-order valence-corrected chi connectivity index (χ2v) is 13.9. The van der Waals surface area contributed by atoms with Gasteiger partial charge in [0.1, 0.15) is 11.4 Å². The number of sulfone groups is 1. The molecule has 0 aliphatic heterocycles. The monoisotopic (exact) mass is 715 g/mol. The van der Waals surface area contributed by atoms with Gasteiger partial charge in [-0.2, -0.15) is 32.9 Å². The smallest absolute Gasteiger partial charge is 0.337 e. The number of carboxylic acids is 1. The maximum Gasteiger partial charge on any atom is 0.337 e. The van der Waals surface area contributed by atoms with E-state index in [2.05, 4.69) is 41.0 Å². The van der Waals surface area contributed by atoms with Crippen LogP contribution in [0.25, 0.3) is 0 Å². The van der Waals surface area contributed by atoms with Gasteiger partial charge in [-0.25, -0.2) is 13.2 Å². The number of azo groups is 1. The molecule has 4 aromatic rings. The highest BCUT2D eigenvalue weighted by Gasteiger charge is 2.20. The zero-order valence-electron chi connectivity index (χ0n) is 25.9. The van der Waals surface area contributed by atoms with Crippen LogP contribution in [0.3, 0.4) is 0 Å². The molecule has 0 aliphatic carbocycles. The van der Waals surface area contributed by atoms with E-state index in [0.29, 0.717) is 12.0 Å². The summed E-state index contributed by atoms with van der Waals surface area (Å²) >= 11 is 0. The molecular weight excluding hydrogens is 686 g/mol. The fourth-order valence-corrected chi connectivity index (χ4v) is 6.01. The van der Waals surface area contributed by atoms with Crippen LogP contribution in [0, 0.1) is 6.08 Å². The molecule has 0 unspecified atom stereocenters. The van der Waals surface area contributed by atoms with Gasteiger partial charge in [0, 0.05) is 24.9 Å². The molecule has 0 spiro atoms. The first-order chi connectivity index (χ1) is 23.2. The predicted octanol–water partition coefficient (Wildman–Crippen LogP) is 4.22. The number of aromatic hydroxyl groups is 1. The summed E-state index contributed by atoms with van der Waals surface area (Å²) in [5.74, 6) is -3.10. The van der Waals surface area contributed by atoms with Crippen LogP contribution < -0.4 is 15.6 Å². The van der Waals surface area contributed by atoms with E-state index in [1.54, 1.807) is 43.3 Å². The van der Waals surface area contributed by atoms with Crippen LogP contribution in [-0.2, 0) is 20.0 Å².